The van der Waals surface area contributed by atoms with Gasteiger partial charge in [0, 0.05) is 37.7 Å². The highest BCUT2D eigenvalue weighted by atomic mass is 16.2. The Bertz CT molecular complexity index is 637. The summed E-state index contributed by atoms with van der Waals surface area (Å²) in [7, 11) is 1.58. The first-order valence-corrected chi connectivity index (χ1v) is 8.10. The van der Waals surface area contributed by atoms with Crippen molar-refractivity contribution in [2.24, 2.45) is 5.73 Å². The Morgan fingerprint density at radius 2 is 1.96 bits per heavy atom. The maximum absolute atomic E-state index is 12.4. The number of hydrogen-bond acceptors (Lipinski definition) is 3. The molecule has 1 fully saturated rings. The van der Waals surface area contributed by atoms with E-state index in [0.29, 0.717) is 12.1 Å². The number of rotatable bonds is 5. The largest absolute Gasteiger partial charge is 0.370 e. The van der Waals surface area contributed by atoms with Crippen LogP contribution in [-0.4, -0.2) is 42.3 Å². The molecule has 1 atom stereocenters. The van der Waals surface area contributed by atoms with E-state index in [1.807, 2.05) is 0 Å². The van der Waals surface area contributed by atoms with Crippen LogP contribution >= 0.6 is 0 Å². The van der Waals surface area contributed by atoms with Crippen molar-refractivity contribution in [3.05, 3.63) is 41.5 Å². The first kappa shape index (κ1) is 17.7. The topological polar surface area (TPSA) is 92.5 Å². The zero-order valence-corrected chi connectivity index (χ0v) is 13.8. The van der Waals surface area contributed by atoms with E-state index in [0.717, 1.165) is 24.8 Å². The normalized spacial score (nSPS) is 17.7. The lowest BCUT2D eigenvalue weighted by atomic mass is 9.99. The van der Waals surface area contributed by atoms with Gasteiger partial charge in [0.1, 0.15) is 0 Å². The second-order valence-electron chi connectivity index (χ2n) is 5.89. The Balaban J connectivity index is 2.02. The summed E-state index contributed by atoms with van der Waals surface area (Å²) in [5, 5.41) is 2.56. The van der Waals surface area contributed by atoms with Crippen LogP contribution in [0, 0.1) is 0 Å². The molecule has 1 aromatic carbocycles. The fourth-order valence-corrected chi connectivity index (χ4v) is 2.89. The molecule has 1 saturated heterocycles. The molecular formula is C18H23N3O3. The Labute approximate surface area is 141 Å². The maximum Gasteiger partial charge on any atom is 0.251 e. The average Bonchev–Trinajstić information content (AvgIpc) is 2.59. The maximum atomic E-state index is 12.4. The molecule has 0 radical (unpaired) electrons. The van der Waals surface area contributed by atoms with Crippen molar-refractivity contribution in [3.63, 3.8) is 0 Å². The molecule has 1 aliphatic rings. The number of primary amides is 1. The number of nitrogens with one attached hydrogen (secondary N) is 1. The van der Waals surface area contributed by atoms with Crippen LogP contribution in [0.15, 0.2) is 30.3 Å². The van der Waals surface area contributed by atoms with Crippen molar-refractivity contribution in [3.8, 4) is 0 Å². The Morgan fingerprint density at radius 1 is 1.25 bits per heavy atom. The standard InChI is InChI=1S/C18H23N3O3/c1-20-18(24)14-8-5-13(6-9-14)7-10-17(23)21-11-3-2-4-15(21)12-16(19)22/h5-10,15H,2-4,11-12H2,1H3,(H2,19,22)(H,20,24)/b10-7+/t15-/m0/s1. The number of carbonyl (C=O) groups is 3. The van der Waals surface area contributed by atoms with Gasteiger partial charge in [-0.05, 0) is 43.0 Å². The minimum absolute atomic E-state index is 0.107. The quantitative estimate of drug-likeness (QED) is 0.798. The molecule has 24 heavy (non-hydrogen) atoms. The third-order valence-corrected chi connectivity index (χ3v) is 4.17. The average molecular weight is 329 g/mol. The van der Waals surface area contributed by atoms with Gasteiger partial charge in [-0.3, -0.25) is 14.4 Å². The van der Waals surface area contributed by atoms with E-state index in [-0.39, 0.29) is 30.2 Å². The van der Waals surface area contributed by atoms with Gasteiger partial charge in [0.05, 0.1) is 0 Å². The molecule has 1 heterocycles. The molecule has 2 rings (SSSR count). The van der Waals surface area contributed by atoms with Gasteiger partial charge in [-0.15, -0.1) is 0 Å². The van der Waals surface area contributed by atoms with E-state index in [4.69, 9.17) is 5.73 Å². The van der Waals surface area contributed by atoms with E-state index in [2.05, 4.69) is 5.32 Å². The van der Waals surface area contributed by atoms with Crippen molar-refractivity contribution >= 4 is 23.8 Å². The number of carbonyl (C=O) groups excluding carboxylic acids is 3. The van der Waals surface area contributed by atoms with Crippen molar-refractivity contribution in [1.29, 1.82) is 0 Å². The molecule has 6 nitrogen and oxygen atoms in total. The minimum atomic E-state index is -0.381. The number of piperidine rings is 1. The van der Waals surface area contributed by atoms with Gasteiger partial charge >= 0.3 is 0 Å². The summed E-state index contributed by atoms with van der Waals surface area (Å²) in [4.78, 5) is 36.8. The van der Waals surface area contributed by atoms with Crippen molar-refractivity contribution in [1.82, 2.24) is 10.2 Å². The lowest BCUT2D eigenvalue weighted by molar-refractivity contribution is -0.130. The molecule has 3 N–H and O–H groups in total. The smallest absolute Gasteiger partial charge is 0.251 e. The number of hydrogen-bond donors (Lipinski definition) is 2. The molecule has 0 unspecified atom stereocenters. The summed E-state index contributed by atoms with van der Waals surface area (Å²) in [6.45, 7) is 0.650. The van der Waals surface area contributed by atoms with E-state index >= 15 is 0 Å². The number of amides is 3. The first-order chi connectivity index (χ1) is 11.5. The predicted octanol–water partition coefficient (Wildman–Crippen LogP) is 1.32. The van der Waals surface area contributed by atoms with Gasteiger partial charge in [0.15, 0.2) is 0 Å². The van der Waals surface area contributed by atoms with Crippen LogP contribution in [0.4, 0.5) is 0 Å². The number of benzene rings is 1. The lowest BCUT2D eigenvalue weighted by Gasteiger charge is -2.34. The van der Waals surface area contributed by atoms with Crippen LogP contribution in [-0.2, 0) is 9.59 Å². The lowest BCUT2D eigenvalue weighted by Crippen LogP contribution is -2.44. The summed E-state index contributed by atoms with van der Waals surface area (Å²) in [5.74, 6) is -0.644. The second kappa shape index (κ2) is 8.29. The number of nitrogens with zero attached hydrogens (tertiary/aromatic N) is 1. The van der Waals surface area contributed by atoms with Crippen LogP contribution in [0.3, 0.4) is 0 Å². The Morgan fingerprint density at radius 3 is 2.58 bits per heavy atom. The third kappa shape index (κ3) is 4.68. The minimum Gasteiger partial charge on any atom is -0.370 e. The van der Waals surface area contributed by atoms with Crippen LogP contribution in [0.5, 0.6) is 0 Å². The van der Waals surface area contributed by atoms with E-state index in [9.17, 15) is 14.4 Å². The summed E-state index contributed by atoms with van der Waals surface area (Å²) in [5.41, 5.74) is 6.67. The second-order valence-corrected chi connectivity index (χ2v) is 5.89. The van der Waals surface area contributed by atoms with E-state index in [1.165, 1.54) is 6.08 Å². The van der Waals surface area contributed by atoms with Gasteiger partial charge in [-0.1, -0.05) is 12.1 Å². The highest BCUT2D eigenvalue weighted by molar-refractivity contribution is 5.95. The van der Waals surface area contributed by atoms with Gasteiger partial charge in [-0.25, -0.2) is 0 Å². The van der Waals surface area contributed by atoms with Crippen LogP contribution < -0.4 is 11.1 Å². The molecule has 0 aliphatic carbocycles. The fraction of sp³-hybridized carbons (Fsp3) is 0.389. The van der Waals surface area contributed by atoms with Crippen LogP contribution in [0.25, 0.3) is 6.08 Å². The molecule has 1 aliphatic heterocycles. The zero-order valence-electron chi connectivity index (χ0n) is 13.8. The van der Waals surface area contributed by atoms with Gasteiger partial charge in [0.2, 0.25) is 11.8 Å². The molecule has 0 aromatic heterocycles. The summed E-state index contributed by atoms with van der Waals surface area (Å²) in [6.07, 6.45) is 6.19. The monoisotopic (exact) mass is 329 g/mol. The molecule has 6 heteroatoms. The number of nitrogens with two attached hydrogens (primary N) is 1. The third-order valence-electron chi connectivity index (χ3n) is 4.17. The van der Waals surface area contributed by atoms with Gasteiger partial charge in [-0.2, -0.15) is 0 Å². The molecule has 128 valence electrons. The molecule has 3 amide bonds. The molecular weight excluding hydrogens is 306 g/mol. The summed E-state index contributed by atoms with van der Waals surface area (Å²) in [6, 6.07) is 6.88. The zero-order chi connectivity index (χ0) is 17.5. The highest BCUT2D eigenvalue weighted by Crippen LogP contribution is 2.20. The van der Waals surface area contributed by atoms with Crippen molar-refractivity contribution in [2.45, 2.75) is 31.7 Å². The highest BCUT2D eigenvalue weighted by Gasteiger charge is 2.26. The Kier molecular flexibility index (Phi) is 6.12. The summed E-state index contributed by atoms with van der Waals surface area (Å²) < 4.78 is 0. The number of likely N-dealkylation sites (tertiary alicyclic amines) is 1. The molecule has 0 spiro atoms. The SMILES string of the molecule is CNC(=O)c1ccc(/C=C/C(=O)N2CCCC[C@H]2CC(N)=O)cc1. The van der Waals surface area contributed by atoms with Crippen molar-refractivity contribution < 1.29 is 14.4 Å². The molecule has 0 bridgehead atoms. The molecule has 1 aromatic rings. The van der Waals surface area contributed by atoms with Crippen LogP contribution in [0.1, 0.15) is 41.6 Å². The van der Waals surface area contributed by atoms with E-state index in [1.54, 1.807) is 42.3 Å². The van der Waals surface area contributed by atoms with Gasteiger partial charge in [0.25, 0.3) is 5.91 Å². The first-order valence-electron chi connectivity index (χ1n) is 8.10. The van der Waals surface area contributed by atoms with Crippen molar-refractivity contribution in [2.75, 3.05) is 13.6 Å². The predicted molar refractivity (Wildman–Crippen MR) is 92.0 cm³/mol. The fourth-order valence-electron chi connectivity index (χ4n) is 2.89. The van der Waals surface area contributed by atoms with E-state index < -0.39 is 0 Å². The van der Waals surface area contributed by atoms with Crippen LogP contribution in [0.2, 0.25) is 0 Å². The Hall–Kier alpha value is -2.63. The van der Waals surface area contributed by atoms with Gasteiger partial charge < -0.3 is 16.0 Å². The summed E-state index contributed by atoms with van der Waals surface area (Å²) >= 11 is 0. The molecule has 0 saturated carbocycles.